The molecule has 4 rings (SSSR count). The number of benzene rings is 1. The molecule has 0 aromatic heterocycles. The zero-order valence-electron chi connectivity index (χ0n) is 20.0. The van der Waals surface area contributed by atoms with Gasteiger partial charge in [0, 0.05) is 45.2 Å². The van der Waals surface area contributed by atoms with Gasteiger partial charge in [0.1, 0.15) is 13.1 Å². The van der Waals surface area contributed by atoms with Crippen LogP contribution in [0.5, 0.6) is 11.5 Å². The van der Waals surface area contributed by atoms with E-state index in [2.05, 4.69) is 21.6 Å². The fourth-order valence-electron chi connectivity index (χ4n) is 5.28. The first kappa shape index (κ1) is 23.4. The van der Waals surface area contributed by atoms with E-state index in [1.165, 1.54) is 25.7 Å². The van der Waals surface area contributed by atoms with Gasteiger partial charge in [-0.15, -0.1) is 0 Å². The van der Waals surface area contributed by atoms with Crippen LogP contribution in [0.3, 0.4) is 0 Å². The van der Waals surface area contributed by atoms with E-state index in [-0.39, 0.29) is 24.0 Å². The molecule has 1 unspecified atom stereocenters. The molecular weight excluding hydrogens is 422 g/mol. The van der Waals surface area contributed by atoms with Crippen molar-refractivity contribution in [3.05, 3.63) is 17.7 Å². The van der Waals surface area contributed by atoms with Gasteiger partial charge in [0.25, 0.3) is 5.91 Å². The van der Waals surface area contributed by atoms with Crippen molar-refractivity contribution < 1.29 is 28.4 Å². The fraction of sp³-hybridized carbons (Fsp3) is 0.640. The third-order valence-electron chi connectivity index (χ3n) is 7.07. The van der Waals surface area contributed by atoms with Crippen molar-refractivity contribution >= 4 is 23.3 Å². The highest BCUT2D eigenvalue weighted by Crippen LogP contribution is 2.39. The molecule has 8 heteroatoms. The minimum atomic E-state index is -0.257. The maximum absolute atomic E-state index is 13.5. The van der Waals surface area contributed by atoms with Crippen LogP contribution in [0.1, 0.15) is 62.2 Å². The number of fused-ring (bicyclic) bond motifs is 2. The van der Waals surface area contributed by atoms with Crippen molar-refractivity contribution in [3.63, 3.8) is 0 Å². The first-order valence-corrected chi connectivity index (χ1v) is 12.1. The summed E-state index contributed by atoms with van der Waals surface area (Å²) in [5.74, 6) is 0.892. The quantitative estimate of drug-likeness (QED) is 0.366. The summed E-state index contributed by atoms with van der Waals surface area (Å²) >= 11 is 0. The number of carbonyl (C=O) groups is 2. The molecule has 8 nitrogen and oxygen atoms in total. The lowest BCUT2D eigenvalue weighted by Gasteiger charge is -2.29. The van der Waals surface area contributed by atoms with Crippen LogP contribution in [0.2, 0.25) is 0 Å². The van der Waals surface area contributed by atoms with Gasteiger partial charge in [0.15, 0.2) is 17.2 Å². The molecule has 2 fully saturated rings. The normalized spacial score (nSPS) is 21.7. The Balaban J connectivity index is 1.59. The van der Waals surface area contributed by atoms with Gasteiger partial charge in [-0.25, -0.2) is 4.58 Å². The van der Waals surface area contributed by atoms with Crippen LogP contribution in [0.4, 0.5) is 5.69 Å². The molecule has 1 amide bonds. The van der Waals surface area contributed by atoms with E-state index < -0.39 is 0 Å². The van der Waals surface area contributed by atoms with E-state index in [0.717, 1.165) is 44.6 Å². The number of nitrogens with zero attached hydrogens (tertiary/aromatic N) is 2. The lowest BCUT2D eigenvalue weighted by atomic mass is 10.00. The summed E-state index contributed by atoms with van der Waals surface area (Å²) in [6, 6.07) is 4.00. The van der Waals surface area contributed by atoms with Crippen LogP contribution in [-0.4, -0.2) is 79.6 Å². The smallest absolute Gasteiger partial charge is 0.305 e. The molecule has 3 aliphatic rings. The van der Waals surface area contributed by atoms with Gasteiger partial charge in [-0.1, -0.05) is 0 Å². The van der Waals surface area contributed by atoms with Crippen LogP contribution in [0, 0.1) is 0 Å². The molecule has 2 atom stereocenters. The molecule has 0 saturated carbocycles. The predicted molar refractivity (Wildman–Crippen MR) is 126 cm³/mol. The lowest BCUT2D eigenvalue weighted by Crippen LogP contribution is -2.44. The molecule has 33 heavy (non-hydrogen) atoms. The van der Waals surface area contributed by atoms with E-state index in [1.807, 2.05) is 11.0 Å². The molecule has 0 radical (unpaired) electrons. The van der Waals surface area contributed by atoms with Crippen molar-refractivity contribution in [1.82, 2.24) is 4.90 Å². The number of rotatable bonds is 8. The lowest BCUT2D eigenvalue weighted by molar-refractivity contribution is -0.507. The average molecular weight is 459 g/mol. The standard InChI is InChI=1S/C25H35N3O5/c1-17(27-10-4-5-11-27)14-20-21-8-6-12-28(21)25(30)18-15-22(31-2)23(16-19(18)26-20)33-13-7-9-24(29)32-3/h15-16,20-21H,4-14H2,1-3H3/p+1/t20?,21-/m0/s1. The topological polar surface area (TPSA) is 80.1 Å². The van der Waals surface area contributed by atoms with E-state index in [9.17, 15) is 9.59 Å². The zero-order chi connectivity index (χ0) is 23.4. The monoisotopic (exact) mass is 458 g/mol. The van der Waals surface area contributed by atoms with Gasteiger partial charge in [0.2, 0.25) is 0 Å². The number of nitrogens with one attached hydrogen (secondary N) is 1. The predicted octanol–water partition coefficient (Wildman–Crippen LogP) is 3.08. The summed E-state index contributed by atoms with van der Waals surface area (Å²) in [6.45, 7) is 5.63. The first-order chi connectivity index (χ1) is 16.0. The highest BCUT2D eigenvalue weighted by molar-refractivity contribution is 6.02. The number of esters is 1. The SMILES string of the molecule is COC(=O)CCCOc1cc2c(cc1OC)C(=O)N1CCC[C@H]1C(CC(C)=[N+]1CCCC1)N2. The van der Waals surface area contributed by atoms with Crippen LogP contribution >= 0.6 is 0 Å². The molecule has 1 N–H and O–H groups in total. The summed E-state index contributed by atoms with van der Waals surface area (Å²) in [7, 11) is 2.96. The number of amides is 1. The molecule has 3 heterocycles. The third-order valence-corrected chi connectivity index (χ3v) is 7.07. The Morgan fingerprint density at radius 2 is 1.97 bits per heavy atom. The Morgan fingerprint density at radius 1 is 1.18 bits per heavy atom. The molecule has 0 aliphatic carbocycles. The van der Waals surface area contributed by atoms with E-state index in [4.69, 9.17) is 9.47 Å². The van der Waals surface area contributed by atoms with Crippen molar-refractivity contribution in [2.45, 2.75) is 64.0 Å². The minimum Gasteiger partial charge on any atom is -0.493 e. The molecule has 1 aromatic rings. The van der Waals surface area contributed by atoms with Gasteiger partial charge < -0.3 is 24.4 Å². The molecule has 2 saturated heterocycles. The number of anilines is 1. The maximum atomic E-state index is 13.5. The number of methoxy groups -OCH3 is 2. The molecule has 1 aromatic carbocycles. The summed E-state index contributed by atoms with van der Waals surface area (Å²) in [5, 5.41) is 3.71. The van der Waals surface area contributed by atoms with Crippen LogP contribution in [-0.2, 0) is 9.53 Å². The summed E-state index contributed by atoms with van der Waals surface area (Å²) in [5.41, 5.74) is 2.81. The van der Waals surface area contributed by atoms with Crippen LogP contribution in [0.15, 0.2) is 12.1 Å². The Kier molecular flexibility index (Phi) is 7.40. The maximum Gasteiger partial charge on any atom is 0.305 e. The van der Waals surface area contributed by atoms with Gasteiger partial charge in [-0.05, 0) is 25.3 Å². The fourth-order valence-corrected chi connectivity index (χ4v) is 5.28. The Morgan fingerprint density at radius 3 is 2.70 bits per heavy atom. The average Bonchev–Trinajstić information content (AvgIpc) is 3.51. The second kappa shape index (κ2) is 10.4. The number of ether oxygens (including phenoxy) is 3. The summed E-state index contributed by atoms with van der Waals surface area (Å²) in [6.07, 6.45) is 6.30. The molecule has 0 bridgehead atoms. The molecule has 3 aliphatic heterocycles. The minimum absolute atomic E-state index is 0.0527. The van der Waals surface area contributed by atoms with Gasteiger partial charge in [-0.2, -0.15) is 0 Å². The summed E-state index contributed by atoms with van der Waals surface area (Å²) < 4.78 is 18.7. The van der Waals surface area contributed by atoms with Crippen LogP contribution in [0.25, 0.3) is 0 Å². The zero-order valence-corrected chi connectivity index (χ0v) is 20.0. The van der Waals surface area contributed by atoms with E-state index in [0.29, 0.717) is 36.5 Å². The largest absolute Gasteiger partial charge is 0.493 e. The van der Waals surface area contributed by atoms with Gasteiger partial charge in [0.05, 0.1) is 44.2 Å². The summed E-state index contributed by atoms with van der Waals surface area (Å²) in [4.78, 5) is 26.9. The third kappa shape index (κ3) is 5.09. The second-order valence-corrected chi connectivity index (χ2v) is 9.17. The number of hydrogen-bond acceptors (Lipinski definition) is 6. The molecule has 180 valence electrons. The van der Waals surface area contributed by atoms with E-state index >= 15 is 0 Å². The second-order valence-electron chi connectivity index (χ2n) is 9.17. The number of hydrogen-bond donors (Lipinski definition) is 1. The van der Waals surface area contributed by atoms with Crippen molar-refractivity contribution in [2.75, 3.05) is 45.8 Å². The Hall–Kier alpha value is -2.77. The van der Waals surface area contributed by atoms with Gasteiger partial charge >= 0.3 is 5.97 Å². The van der Waals surface area contributed by atoms with Crippen LogP contribution < -0.4 is 14.8 Å². The van der Waals surface area contributed by atoms with E-state index in [1.54, 1.807) is 13.2 Å². The number of carbonyl (C=O) groups excluding carboxylic acids is 2. The molecular formula is C25H36N3O5+. The Labute approximate surface area is 195 Å². The highest BCUT2D eigenvalue weighted by atomic mass is 16.5. The van der Waals surface area contributed by atoms with Crippen molar-refractivity contribution in [1.29, 1.82) is 0 Å². The molecule has 0 spiro atoms. The first-order valence-electron chi connectivity index (χ1n) is 12.1. The van der Waals surface area contributed by atoms with Crippen molar-refractivity contribution in [3.8, 4) is 11.5 Å². The Bertz CT molecular complexity index is 921. The van der Waals surface area contributed by atoms with Gasteiger partial charge in [-0.3, -0.25) is 9.59 Å². The van der Waals surface area contributed by atoms with Crippen molar-refractivity contribution in [2.24, 2.45) is 0 Å². The highest BCUT2D eigenvalue weighted by Gasteiger charge is 2.40.